The van der Waals surface area contributed by atoms with Crippen molar-refractivity contribution in [3.05, 3.63) is 35.4 Å². The van der Waals surface area contributed by atoms with Crippen molar-refractivity contribution in [2.75, 3.05) is 0 Å². The second-order valence-corrected chi connectivity index (χ2v) is 8.48. The van der Waals surface area contributed by atoms with Gasteiger partial charge in [0.25, 0.3) is 6.43 Å². The SMILES string of the molecule is CC(C)(C)OC(=O)NC(C(=O)O)C12CC(c3ccccc3C(F)F)(C1)C2. The van der Waals surface area contributed by atoms with Crippen molar-refractivity contribution < 1.29 is 28.2 Å². The van der Waals surface area contributed by atoms with E-state index in [-0.39, 0.29) is 5.56 Å². The zero-order valence-corrected chi connectivity index (χ0v) is 15.0. The molecule has 1 atom stereocenters. The summed E-state index contributed by atoms with van der Waals surface area (Å²) in [5.74, 6) is -1.13. The number of amides is 1. The second kappa shape index (κ2) is 5.93. The van der Waals surface area contributed by atoms with Gasteiger partial charge >= 0.3 is 12.1 Å². The number of hydrogen-bond donors (Lipinski definition) is 2. The van der Waals surface area contributed by atoms with Crippen LogP contribution in [0.3, 0.4) is 0 Å². The molecule has 3 aliphatic rings. The first-order valence-electron chi connectivity index (χ1n) is 8.58. The number of rotatable bonds is 5. The topological polar surface area (TPSA) is 75.6 Å². The lowest BCUT2D eigenvalue weighted by molar-refractivity contribution is -0.184. The Bertz CT molecular complexity index is 722. The first-order chi connectivity index (χ1) is 12.0. The Hall–Kier alpha value is -2.18. The van der Waals surface area contributed by atoms with Crippen LogP contribution >= 0.6 is 0 Å². The van der Waals surface area contributed by atoms with E-state index in [1.165, 1.54) is 6.07 Å². The van der Waals surface area contributed by atoms with Gasteiger partial charge in [0.2, 0.25) is 0 Å². The summed E-state index contributed by atoms with van der Waals surface area (Å²) >= 11 is 0. The van der Waals surface area contributed by atoms with E-state index >= 15 is 0 Å². The highest BCUT2D eigenvalue weighted by atomic mass is 19.3. The number of ether oxygens (including phenoxy) is 1. The normalized spacial score (nSPS) is 27.9. The van der Waals surface area contributed by atoms with Crippen LogP contribution in [0.15, 0.2) is 24.3 Å². The van der Waals surface area contributed by atoms with Crippen LogP contribution in [-0.4, -0.2) is 28.8 Å². The highest BCUT2D eigenvalue weighted by Crippen LogP contribution is 2.75. The molecule has 5 nitrogen and oxygen atoms in total. The third-order valence-electron chi connectivity index (χ3n) is 5.36. The molecule has 3 fully saturated rings. The van der Waals surface area contributed by atoms with E-state index < -0.39 is 41.0 Å². The first kappa shape index (κ1) is 18.6. The summed E-state index contributed by atoms with van der Waals surface area (Å²) in [5, 5.41) is 12.0. The Morgan fingerprint density at radius 3 is 2.27 bits per heavy atom. The number of carbonyl (C=O) groups excluding carboxylic acids is 1. The van der Waals surface area contributed by atoms with Crippen LogP contribution in [0.1, 0.15) is 57.6 Å². The summed E-state index contributed by atoms with van der Waals surface area (Å²) in [4.78, 5) is 23.7. The molecule has 0 saturated heterocycles. The number of nitrogens with one attached hydrogen (secondary N) is 1. The highest BCUT2D eigenvalue weighted by molar-refractivity contribution is 5.82. The molecule has 2 bridgehead atoms. The van der Waals surface area contributed by atoms with Gasteiger partial charge in [0.15, 0.2) is 0 Å². The molecule has 0 heterocycles. The van der Waals surface area contributed by atoms with Gasteiger partial charge in [0.05, 0.1) is 0 Å². The van der Waals surface area contributed by atoms with Gasteiger partial charge in [0, 0.05) is 11.0 Å². The van der Waals surface area contributed by atoms with E-state index in [2.05, 4.69) is 5.32 Å². The fraction of sp³-hybridized carbons (Fsp3) is 0.579. The highest BCUT2D eigenvalue weighted by Gasteiger charge is 2.73. The van der Waals surface area contributed by atoms with Gasteiger partial charge in [-0.05, 0) is 51.0 Å². The van der Waals surface area contributed by atoms with Crippen molar-refractivity contribution in [3.63, 3.8) is 0 Å². The molecule has 0 aliphatic heterocycles. The Morgan fingerprint density at radius 2 is 1.77 bits per heavy atom. The predicted molar refractivity (Wildman–Crippen MR) is 90.2 cm³/mol. The summed E-state index contributed by atoms with van der Waals surface area (Å²) in [6, 6.07) is 5.33. The molecule has 3 aliphatic carbocycles. The van der Waals surface area contributed by atoms with Gasteiger partial charge < -0.3 is 15.2 Å². The Morgan fingerprint density at radius 1 is 1.19 bits per heavy atom. The van der Waals surface area contributed by atoms with E-state index in [1.54, 1.807) is 39.0 Å². The third kappa shape index (κ3) is 3.04. The number of aliphatic carboxylic acids is 1. The van der Waals surface area contributed by atoms with Crippen LogP contribution in [0.5, 0.6) is 0 Å². The van der Waals surface area contributed by atoms with E-state index in [9.17, 15) is 23.5 Å². The van der Waals surface area contributed by atoms with Crippen LogP contribution in [0.4, 0.5) is 13.6 Å². The van der Waals surface area contributed by atoms with Crippen molar-refractivity contribution in [2.45, 2.75) is 63.5 Å². The number of carboxylic acid groups (broad SMARTS) is 1. The van der Waals surface area contributed by atoms with E-state index in [4.69, 9.17) is 4.74 Å². The molecule has 1 amide bonds. The van der Waals surface area contributed by atoms with Gasteiger partial charge in [-0.25, -0.2) is 18.4 Å². The largest absolute Gasteiger partial charge is 0.480 e. The standard InChI is InChI=1S/C19H23F2NO4/c1-17(2,3)26-16(25)22-13(15(23)24)19-8-18(9-19,10-19)12-7-5-4-6-11(12)14(20)21/h4-7,13-14H,8-10H2,1-3H3,(H,22,25)(H,23,24). The maximum absolute atomic E-state index is 13.3. The number of halogens is 2. The van der Waals surface area contributed by atoms with Crippen LogP contribution in [0.2, 0.25) is 0 Å². The second-order valence-electron chi connectivity index (χ2n) is 8.48. The maximum Gasteiger partial charge on any atom is 0.408 e. The van der Waals surface area contributed by atoms with Crippen LogP contribution in [-0.2, 0) is 14.9 Å². The van der Waals surface area contributed by atoms with E-state index in [0.29, 0.717) is 24.8 Å². The summed E-state index contributed by atoms with van der Waals surface area (Å²) in [7, 11) is 0. The van der Waals surface area contributed by atoms with Crippen molar-refractivity contribution in [2.24, 2.45) is 5.41 Å². The van der Waals surface area contributed by atoms with Gasteiger partial charge in [-0.3, -0.25) is 0 Å². The molecule has 1 unspecified atom stereocenters. The minimum absolute atomic E-state index is 0.00720. The average molecular weight is 367 g/mol. The molecule has 2 N–H and O–H groups in total. The molecular formula is C19H23F2NO4. The molecule has 1 aromatic carbocycles. The minimum Gasteiger partial charge on any atom is -0.480 e. The lowest BCUT2D eigenvalue weighted by Gasteiger charge is -2.72. The summed E-state index contributed by atoms with van der Waals surface area (Å²) in [6.07, 6.45) is -1.94. The maximum atomic E-state index is 13.3. The Balaban J connectivity index is 1.73. The fourth-order valence-corrected chi connectivity index (χ4v) is 4.53. The van der Waals surface area contributed by atoms with Crippen molar-refractivity contribution in [3.8, 4) is 0 Å². The molecule has 3 saturated carbocycles. The number of hydrogen-bond acceptors (Lipinski definition) is 3. The first-order valence-corrected chi connectivity index (χ1v) is 8.58. The zero-order valence-electron chi connectivity index (χ0n) is 15.0. The molecule has 26 heavy (non-hydrogen) atoms. The number of carbonyl (C=O) groups is 2. The van der Waals surface area contributed by atoms with Crippen LogP contribution < -0.4 is 5.32 Å². The van der Waals surface area contributed by atoms with Gasteiger partial charge in [-0.2, -0.15) is 0 Å². The number of benzene rings is 1. The van der Waals surface area contributed by atoms with E-state index in [1.807, 2.05) is 0 Å². The molecule has 4 rings (SSSR count). The van der Waals surface area contributed by atoms with Crippen molar-refractivity contribution >= 4 is 12.1 Å². The smallest absolute Gasteiger partial charge is 0.408 e. The molecule has 0 radical (unpaired) electrons. The zero-order chi connectivity index (χ0) is 19.3. The van der Waals surface area contributed by atoms with Crippen LogP contribution in [0, 0.1) is 5.41 Å². The fourth-order valence-electron chi connectivity index (χ4n) is 4.53. The summed E-state index contributed by atoms with van der Waals surface area (Å²) in [6.45, 7) is 5.08. The number of alkyl halides is 2. The van der Waals surface area contributed by atoms with Gasteiger partial charge in [0.1, 0.15) is 11.6 Å². The predicted octanol–water partition coefficient (Wildman–Crippen LogP) is 4.02. The Labute approximate surface area is 150 Å². The van der Waals surface area contributed by atoms with Gasteiger partial charge in [-0.1, -0.05) is 24.3 Å². The summed E-state index contributed by atoms with van der Waals surface area (Å²) in [5.41, 5.74) is -1.13. The van der Waals surface area contributed by atoms with Crippen molar-refractivity contribution in [1.82, 2.24) is 5.32 Å². The quantitative estimate of drug-likeness (QED) is 0.824. The Kier molecular flexibility index (Phi) is 4.24. The van der Waals surface area contributed by atoms with Gasteiger partial charge in [-0.15, -0.1) is 0 Å². The van der Waals surface area contributed by atoms with Crippen LogP contribution in [0.25, 0.3) is 0 Å². The lowest BCUT2D eigenvalue weighted by atomic mass is 9.31. The summed E-state index contributed by atoms with van der Waals surface area (Å²) < 4.78 is 31.7. The minimum atomic E-state index is -2.56. The molecule has 0 aromatic heterocycles. The number of carboxylic acids is 1. The molecule has 7 heteroatoms. The molecule has 142 valence electrons. The van der Waals surface area contributed by atoms with Crippen molar-refractivity contribution in [1.29, 1.82) is 0 Å². The monoisotopic (exact) mass is 367 g/mol. The molecular weight excluding hydrogens is 344 g/mol. The third-order valence-corrected chi connectivity index (χ3v) is 5.36. The van der Waals surface area contributed by atoms with E-state index in [0.717, 1.165) is 0 Å². The number of alkyl carbamates (subject to hydrolysis) is 1. The molecule has 0 spiro atoms. The average Bonchev–Trinajstić information content (AvgIpc) is 2.41. The lowest BCUT2D eigenvalue weighted by Crippen LogP contribution is -2.73. The molecule has 1 aromatic rings.